The number of amidine groups is 1. The highest BCUT2D eigenvalue weighted by atomic mass is 16.3. The van der Waals surface area contributed by atoms with Gasteiger partial charge in [0.25, 0.3) is 0 Å². The van der Waals surface area contributed by atoms with Crippen LogP contribution in [0.25, 0.3) is 44.9 Å². The number of nitrogens with one attached hydrogen (secondary N) is 2. The Balaban J connectivity index is 1.54. The summed E-state index contributed by atoms with van der Waals surface area (Å²) in [6.45, 7) is 0. The summed E-state index contributed by atoms with van der Waals surface area (Å²) in [6.07, 6.45) is 0. The van der Waals surface area contributed by atoms with E-state index < -0.39 is 0 Å². The maximum Gasteiger partial charge on any atom is 0.173 e. The van der Waals surface area contributed by atoms with Crippen LogP contribution in [0, 0.1) is 5.41 Å². The molecule has 7 nitrogen and oxygen atoms in total. The van der Waals surface area contributed by atoms with Crippen LogP contribution in [0.1, 0.15) is 5.56 Å². The summed E-state index contributed by atoms with van der Waals surface area (Å²) < 4.78 is 1.61. The van der Waals surface area contributed by atoms with E-state index in [-0.39, 0.29) is 11.6 Å². The van der Waals surface area contributed by atoms with Gasteiger partial charge in [0.1, 0.15) is 17.2 Å². The molecule has 0 atom stereocenters. The number of fused-ring (bicyclic) bond motifs is 1. The zero-order chi connectivity index (χ0) is 21.5. The van der Waals surface area contributed by atoms with Crippen molar-refractivity contribution in [3.8, 4) is 39.7 Å². The first-order valence-corrected chi connectivity index (χ1v) is 9.77. The van der Waals surface area contributed by atoms with Crippen LogP contribution in [-0.2, 0) is 7.05 Å². The molecule has 0 bridgehead atoms. The van der Waals surface area contributed by atoms with Crippen molar-refractivity contribution in [1.82, 2.24) is 19.7 Å². The summed E-state index contributed by atoms with van der Waals surface area (Å²) in [7, 11) is 1.77. The minimum atomic E-state index is -0.0175. The van der Waals surface area contributed by atoms with E-state index in [0.29, 0.717) is 28.3 Å². The van der Waals surface area contributed by atoms with Gasteiger partial charge in [-0.05, 0) is 29.3 Å². The van der Waals surface area contributed by atoms with Crippen molar-refractivity contribution >= 4 is 16.9 Å². The molecule has 3 aromatic carbocycles. The maximum atomic E-state index is 11.0. The molecular formula is C24H20N6O. The summed E-state index contributed by atoms with van der Waals surface area (Å²) in [5, 5.41) is 23.1. The average Bonchev–Trinajstić information content (AvgIpc) is 3.33. The Morgan fingerprint density at radius 2 is 1.65 bits per heavy atom. The lowest BCUT2D eigenvalue weighted by Gasteiger charge is -2.03. The number of aromatic hydroxyl groups is 1. The van der Waals surface area contributed by atoms with Crippen LogP contribution in [0.2, 0.25) is 0 Å². The molecule has 0 fully saturated rings. The van der Waals surface area contributed by atoms with Crippen molar-refractivity contribution in [3.63, 3.8) is 0 Å². The molecule has 0 aliphatic carbocycles. The molecule has 152 valence electrons. The number of aryl methyl sites for hydroxylation is 1. The second-order valence-electron chi connectivity index (χ2n) is 7.34. The van der Waals surface area contributed by atoms with Crippen LogP contribution in [-0.4, -0.2) is 30.7 Å². The van der Waals surface area contributed by atoms with Gasteiger partial charge in [0.05, 0.1) is 11.0 Å². The Labute approximate surface area is 178 Å². The van der Waals surface area contributed by atoms with E-state index in [2.05, 4.69) is 27.2 Å². The fourth-order valence-corrected chi connectivity index (χ4v) is 3.71. The van der Waals surface area contributed by atoms with E-state index in [1.54, 1.807) is 23.9 Å². The molecule has 0 spiro atoms. The molecule has 5 N–H and O–H groups in total. The van der Waals surface area contributed by atoms with E-state index in [4.69, 9.17) is 11.1 Å². The smallest absolute Gasteiger partial charge is 0.173 e. The van der Waals surface area contributed by atoms with Crippen LogP contribution >= 0.6 is 0 Å². The van der Waals surface area contributed by atoms with E-state index in [9.17, 15) is 5.11 Å². The minimum Gasteiger partial charge on any atom is -0.504 e. The molecule has 0 aliphatic heterocycles. The van der Waals surface area contributed by atoms with Crippen molar-refractivity contribution < 1.29 is 5.11 Å². The Kier molecular flexibility index (Phi) is 4.29. The monoisotopic (exact) mass is 408 g/mol. The van der Waals surface area contributed by atoms with Gasteiger partial charge in [0, 0.05) is 18.2 Å². The van der Waals surface area contributed by atoms with E-state index in [1.807, 2.05) is 48.5 Å². The van der Waals surface area contributed by atoms with Gasteiger partial charge in [-0.25, -0.2) is 4.98 Å². The number of rotatable bonds is 4. The van der Waals surface area contributed by atoms with Crippen molar-refractivity contribution in [1.29, 1.82) is 5.41 Å². The third-order valence-electron chi connectivity index (χ3n) is 5.31. The maximum absolute atomic E-state index is 11.0. The van der Waals surface area contributed by atoms with Crippen molar-refractivity contribution in [2.45, 2.75) is 0 Å². The van der Waals surface area contributed by atoms with Gasteiger partial charge in [-0.3, -0.25) is 10.1 Å². The molecular weight excluding hydrogens is 388 g/mol. The zero-order valence-corrected chi connectivity index (χ0v) is 16.8. The number of nitrogens with zero attached hydrogens (tertiary/aromatic N) is 3. The molecule has 5 aromatic rings. The molecule has 0 radical (unpaired) electrons. The lowest BCUT2D eigenvalue weighted by Crippen LogP contribution is -2.10. The van der Waals surface area contributed by atoms with Crippen LogP contribution in [0.3, 0.4) is 0 Å². The molecule has 31 heavy (non-hydrogen) atoms. The van der Waals surface area contributed by atoms with Gasteiger partial charge in [-0.1, -0.05) is 54.6 Å². The standard InChI is InChI=1S/C24H20N6O/c1-30-21(24-27-18-12-11-17(23(25)26)13-19(18)28-24)22(31)20(29-30)16-9-7-15(8-10-16)14-5-3-2-4-6-14/h2-13,31H,1H3,(H3,25,26)(H,27,28). The van der Waals surface area contributed by atoms with Crippen molar-refractivity contribution in [3.05, 3.63) is 78.4 Å². The first-order chi connectivity index (χ1) is 15.0. The van der Waals surface area contributed by atoms with Crippen LogP contribution in [0.5, 0.6) is 5.75 Å². The fraction of sp³-hybridized carbons (Fsp3) is 0.0417. The molecule has 2 aromatic heterocycles. The second-order valence-corrected chi connectivity index (χ2v) is 7.34. The Hall–Kier alpha value is -4.39. The van der Waals surface area contributed by atoms with E-state index >= 15 is 0 Å². The number of hydrogen-bond acceptors (Lipinski definition) is 4. The van der Waals surface area contributed by atoms with Gasteiger partial charge in [0.15, 0.2) is 11.6 Å². The summed E-state index contributed by atoms with van der Waals surface area (Å²) in [6, 6.07) is 23.4. The number of imidazole rings is 1. The lowest BCUT2D eigenvalue weighted by molar-refractivity contribution is 0.478. The quantitative estimate of drug-likeness (QED) is 0.262. The number of nitrogen functional groups attached to an aromatic ring is 1. The Morgan fingerprint density at radius 3 is 2.35 bits per heavy atom. The highest BCUT2D eigenvalue weighted by molar-refractivity contribution is 5.98. The Morgan fingerprint density at radius 1 is 0.968 bits per heavy atom. The largest absolute Gasteiger partial charge is 0.504 e. The predicted molar refractivity (Wildman–Crippen MR) is 122 cm³/mol. The second kappa shape index (κ2) is 7.14. The fourth-order valence-electron chi connectivity index (χ4n) is 3.71. The van der Waals surface area contributed by atoms with E-state index in [0.717, 1.165) is 22.2 Å². The molecule has 0 saturated carbocycles. The van der Waals surface area contributed by atoms with Gasteiger partial charge in [-0.15, -0.1) is 0 Å². The molecule has 0 aliphatic rings. The SMILES string of the molecule is Cn1nc(-c2ccc(-c3ccccc3)cc2)c(O)c1-c1nc2cc(C(=N)N)ccc2[nH]1. The molecule has 5 rings (SSSR count). The number of hydrogen-bond donors (Lipinski definition) is 4. The highest BCUT2D eigenvalue weighted by Gasteiger charge is 2.21. The van der Waals surface area contributed by atoms with Crippen molar-refractivity contribution in [2.75, 3.05) is 0 Å². The molecule has 2 heterocycles. The molecule has 7 heteroatoms. The molecule has 0 unspecified atom stereocenters. The van der Waals surface area contributed by atoms with Gasteiger partial charge < -0.3 is 15.8 Å². The average molecular weight is 408 g/mol. The van der Waals surface area contributed by atoms with Gasteiger partial charge >= 0.3 is 0 Å². The highest BCUT2D eigenvalue weighted by Crippen LogP contribution is 2.37. The Bertz CT molecular complexity index is 1410. The summed E-state index contributed by atoms with van der Waals surface area (Å²) >= 11 is 0. The van der Waals surface area contributed by atoms with Crippen LogP contribution in [0.4, 0.5) is 0 Å². The third-order valence-corrected chi connectivity index (χ3v) is 5.31. The number of nitrogens with two attached hydrogens (primary N) is 1. The summed E-state index contributed by atoms with van der Waals surface area (Å²) in [5.41, 5.74) is 11.6. The normalized spacial score (nSPS) is 11.1. The molecule has 0 saturated heterocycles. The number of benzene rings is 3. The van der Waals surface area contributed by atoms with Crippen LogP contribution in [0.15, 0.2) is 72.8 Å². The lowest BCUT2D eigenvalue weighted by atomic mass is 10.0. The summed E-state index contributed by atoms with van der Waals surface area (Å²) in [5.74, 6) is 0.534. The molecule has 0 amide bonds. The van der Waals surface area contributed by atoms with Crippen molar-refractivity contribution in [2.24, 2.45) is 12.8 Å². The van der Waals surface area contributed by atoms with Gasteiger partial charge in [-0.2, -0.15) is 5.10 Å². The topological polar surface area (TPSA) is 117 Å². The number of H-pyrrole nitrogens is 1. The zero-order valence-electron chi connectivity index (χ0n) is 16.8. The predicted octanol–water partition coefficient (Wildman–Crippen LogP) is 4.29. The van der Waals surface area contributed by atoms with Gasteiger partial charge in [0.2, 0.25) is 0 Å². The first kappa shape index (κ1) is 18.6. The minimum absolute atomic E-state index is 0.0175. The number of aromatic nitrogens is 4. The third kappa shape index (κ3) is 3.22. The van der Waals surface area contributed by atoms with Crippen LogP contribution < -0.4 is 5.73 Å². The summed E-state index contributed by atoms with van der Waals surface area (Å²) in [4.78, 5) is 7.79. The number of aromatic amines is 1. The first-order valence-electron chi connectivity index (χ1n) is 9.77. The van der Waals surface area contributed by atoms with E-state index in [1.165, 1.54) is 0 Å².